The summed E-state index contributed by atoms with van der Waals surface area (Å²) in [5.74, 6) is -2.27. The van der Waals surface area contributed by atoms with Crippen LogP contribution < -0.4 is 24.4 Å². The predicted octanol–water partition coefficient (Wildman–Crippen LogP) is 8.59. The number of aromatic nitrogens is 7. The summed E-state index contributed by atoms with van der Waals surface area (Å²) in [6.07, 6.45) is 8.53. The largest absolute Gasteiger partial charge is 0.586 e. The van der Waals surface area contributed by atoms with Crippen molar-refractivity contribution in [3.05, 3.63) is 90.6 Å². The molecule has 2 aromatic carbocycles. The van der Waals surface area contributed by atoms with Crippen LogP contribution in [0.1, 0.15) is 18.9 Å². The molecular weight excluding hydrogens is 815 g/mol. The van der Waals surface area contributed by atoms with E-state index in [9.17, 15) is 0 Å². The number of hydrogen-bond donors (Lipinski definition) is 2. The molecule has 0 bridgehead atoms. The molecule has 0 radical (unpaired) electrons. The molecule has 6 aromatic heterocycles. The van der Waals surface area contributed by atoms with E-state index in [1.54, 1.807) is 41.6 Å². The highest BCUT2D eigenvalue weighted by atomic mass is 32.1. The van der Waals surface area contributed by atoms with Crippen molar-refractivity contribution in [2.24, 2.45) is 0 Å². The van der Waals surface area contributed by atoms with Gasteiger partial charge in [0.2, 0.25) is 0 Å². The number of nitrogens with zero attached hydrogens (tertiary/aromatic N) is 7. The second-order valence-corrected chi connectivity index (χ2v) is 15.9. The molecule has 3 aliphatic rings. The summed E-state index contributed by atoms with van der Waals surface area (Å²) in [7, 11) is 1.30. The van der Waals surface area contributed by atoms with E-state index in [1.165, 1.54) is 30.6 Å². The number of methoxy groups -OCH3 is 1. The van der Waals surface area contributed by atoms with Gasteiger partial charge in [0.05, 0.1) is 43.9 Å². The third kappa shape index (κ3) is 6.61. The number of nitrogens with one attached hydrogen (secondary N) is 2. The normalized spacial score (nSPS) is 16.6. The van der Waals surface area contributed by atoms with E-state index in [-0.39, 0.29) is 34.4 Å². The van der Waals surface area contributed by atoms with E-state index in [1.807, 2.05) is 28.4 Å². The van der Waals surface area contributed by atoms with Gasteiger partial charge in [0, 0.05) is 111 Å². The van der Waals surface area contributed by atoms with Crippen molar-refractivity contribution in [2.75, 3.05) is 51.4 Å². The fraction of sp³-hybridized carbons (Fsp3) is 0.256. The number of thiazole rings is 1. The Hall–Kier alpha value is -6.50. The SMILES string of the molecule is COc1c(F)cc(F)cc1-c1cn(-c2cc3c(c(-c4c[nH]c5ncc(-c6cnn(C7CCNCC7)c6)cc45)c2)OC(F)(F)O3)c2ncc(-c3csc(N4CCOCC4)n3)cc12. The lowest BCUT2D eigenvalue weighted by Crippen LogP contribution is -2.36. The Balaban J connectivity index is 1.06. The number of piperidine rings is 1. The Bertz CT molecular complexity index is 2990. The van der Waals surface area contributed by atoms with Crippen LogP contribution in [0.4, 0.5) is 22.7 Å². The molecule has 13 nitrogen and oxygen atoms in total. The number of fused-ring (bicyclic) bond motifs is 3. The number of pyridine rings is 2. The van der Waals surface area contributed by atoms with Crippen molar-refractivity contribution in [3.8, 4) is 67.6 Å². The first-order valence-electron chi connectivity index (χ1n) is 19.7. The molecular formula is C43H35F4N9O4S. The summed E-state index contributed by atoms with van der Waals surface area (Å²) in [5, 5.41) is 11.9. The highest BCUT2D eigenvalue weighted by Crippen LogP contribution is 2.51. The monoisotopic (exact) mass is 849 g/mol. The van der Waals surface area contributed by atoms with Gasteiger partial charge in [0.15, 0.2) is 28.2 Å². The second kappa shape index (κ2) is 14.6. The minimum Gasteiger partial charge on any atom is -0.493 e. The second-order valence-electron chi connectivity index (χ2n) is 15.1. The summed E-state index contributed by atoms with van der Waals surface area (Å²) in [4.78, 5) is 19.8. The smallest absolute Gasteiger partial charge is 0.493 e. The Morgan fingerprint density at radius 2 is 1.67 bits per heavy atom. The molecule has 3 aliphatic heterocycles. The molecule has 0 amide bonds. The zero-order valence-electron chi connectivity index (χ0n) is 32.4. The molecule has 8 aromatic rings. The van der Waals surface area contributed by atoms with Crippen LogP contribution in [0.2, 0.25) is 0 Å². The average Bonchev–Trinajstić information content (AvgIpc) is 4.12. The lowest BCUT2D eigenvalue weighted by atomic mass is 10.0. The van der Waals surface area contributed by atoms with Gasteiger partial charge in [-0.25, -0.2) is 23.7 Å². The van der Waals surface area contributed by atoms with Gasteiger partial charge < -0.3 is 38.7 Å². The highest BCUT2D eigenvalue weighted by molar-refractivity contribution is 7.14. The van der Waals surface area contributed by atoms with Crippen LogP contribution in [0.25, 0.3) is 72.4 Å². The molecule has 0 spiro atoms. The van der Waals surface area contributed by atoms with Crippen LogP contribution in [-0.2, 0) is 4.74 Å². The van der Waals surface area contributed by atoms with E-state index in [0.29, 0.717) is 76.4 Å². The zero-order chi connectivity index (χ0) is 41.4. The first kappa shape index (κ1) is 37.5. The minimum atomic E-state index is -3.95. The van der Waals surface area contributed by atoms with Gasteiger partial charge in [-0.05, 0) is 50.2 Å². The molecule has 61 heavy (non-hydrogen) atoms. The van der Waals surface area contributed by atoms with E-state index in [4.69, 9.17) is 28.9 Å². The highest BCUT2D eigenvalue weighted by Gasteiger charge is 2.45. The fourth-order valence-corrected chi connectivity index (χ4v) is 9.33. The summed E-state index contributed by atoms with van der Waals surface area (Å²) < 4.78 is 85.2. The lowest BCUT2D eigenvalue weighted by molar-refractivity contribution is -0.286. The van der Waals surface area contributed by atoms with Crippen LogP contribution in [0.5, 0.6) is 17.2 Å². The first-order chi connectivity index (χ1) is 29.7. The van der Waals surface area contributed by atoms with Crippen molar-refractivity contribution in [1.82, 2.24) is 39.6 Å². The Morgan fingerprint density at radius 1 is 0.852 bits per heavy atom. The molecule has 0 unspecified atom stereocenters. The van der Waals surface area contributed by atoms with Gasteiger partial charge in [-0.15, -0.1) is 20.1 Å². The number of anilines is 1. The summed E-state index contributed by atoms with van der Waals surface area (Å²) in [5.41, 5.74) is 5.52. The van der Waals surface area contributed by atoms with E-state index in [0.717, 1.165) is 48.3 Å². The van der Waals surface area contributed by atoms with Crippen LogP contribution >= 0.6 is 11.3 Å². The quantitative estimate of drug-likeness (QED) is 0.144. The van der Waals surface area contributed by atoms with Crippen molar-refractivity contribution in [3.63, 3.8) is 0 Å². The standard InChI is InChI=1S/C43H35F4N9O4S/c1-57-38-29(12-26(44)13-35(38)45)34-21-55(41-32(34)11-24(17-51-41)36-22-61-42(53-36)54-6-8-58-9-7-54)28-14-30(39-37(15-28)59-43(46,47)60-39)33-19-50-40-31(33)10-23(16-49-40)25-18-52-56(20-25)27-2-4-48-5-3-27/h10-22,27,48H,2-9H2,1H3,(H,49,50). The molecule has 11 rings (SSSR count). The van der Waals surface area contributed by atoms with Gasteiger partial charge in [-0.2, -0.15) is 5.10 Å². The van der Waals surface area contributed by atoms with Crippen molar-refractivity contribution in [1.29, 1.82) is 0 Å². The number of hydrogen-bond acceptors (Lipinski definition) is 11. The van der Waals surface area contributed by atoms with Crippen LogP contribution in [0, 0.1) is 11.6 Å². The van der Waals surface area contributed by atoms with Gasteiger partial charge in [-0.3, -0.25) is 4.68 Å². The molecule has 2 saturated heterocycles. The summed E-state index contributed by atoms with van der Waals surface area (Å²) in [6.45, 7) is 4.48. The molecule has 0 aliphatic carbocycles. The number of halogens is 4. The predicted molar refractivity (Wildman–Crippen MR) is 221 cm³/mol. The number of morpholine rings is 1. The van der Waals surface area contributed by atoms with Gasteiger partial charge in [0.1, 0.15) is 17.1 Å². The average molecular weight is 850 g/mol. The topological polar surface area (TPSA) is 129 Å². The minimum absolute atomic E-state index is 0.126. The molecule has 18 heteroatoms. The number of benzene rings is 2. The van der Waals surface area contributed by atoms with E-state index in [2.05, 4.69) is 25.3 Å². The summed E-state index contributed by atoms with van der Waals surface area (Å²) in [6, 6.07) is 9.11. The van der Waals surface area contributed by atoms with Gasteiger partial charge in [-0.1, -0.05) is 0 Å². The van der Waals surface area contributed by atoms with Gasteiger partial charge in [0.25, 0.3) is 0 Å². The molecule has 310 valence electrons. The summed E-state index contributed by atoms with van der Waals surface area (Å²) >= 11 is 1.49. The first-order valence-corrected chi connectivity index (χ1v) is 20.6. The maximum absolute atomic E-state index is 15.3. The Labute approximate surface area is 348 Å². The van der Waals surface area contributed by atoms with E-state index >= 15 is 17.6 Å². The number of alkyl halides is 2. The third-order valence-electron chi connectivity index (χ3n) is 11.4. The molecule has 0 saturated carbocycles. The molecule has 2 N–H and O–H groups in total. The van der Waals surface area contributed by atoms with Crippen LogP contribution in [-0.4, -0.2) is 87.1 Å². The fourth-order valence-electron chi connectivity index (χ4n) is 8.44. The van der Waals surface area contributed by atoms with Gasteiger partial charge >= 0.3 is 6.29 Å². The number of ether oxygens (including phenoxy) is 4. The zero-order valence-corrected chi connectivity index (χ0v) is 33.2. The third-order valence-corrected chi connectivity index (χ3v) is 12.3. The van der Waals surface area contributed by atoms with E-state index < -0.39 is 17.9 Å². The Kier molecular flexibility index (Phi) is 8.97. The Morgan fingerprint density at radius 3 is 2.51 bits per heavy atom. The number of aromatic amines is 1. The number of H-pyrrole nitrogens is 1. The van der Waals surface area contributed by atoms with Crippen molar-refractivity contribution in [2.45, 2.75) is 25.2 Å². The van der Waals surface area contributed by atoms with Crippen LogP contribution in [0.3, 0.4) is 0 Å². The van der Waals surface area contributed by atoms with Crippen molar-refractivity contribution < 1.29 is 36.5 Å². The maximum atomic E-state index is 15.3. The lowest BCUT2D eigenvalue weighted by Gasteiger charge is -2.26. The molecule has 9 heterocycles. The number of rotatable bonds is 8. The van der Waals surface area contributed by atoms with Crippen molar-refractivity contribution >= 4 is 38.5 Å². The maximum Gasteiger partial charge on any atom is 0.586 e. The molecule has 2 fully saturated rings. The molecule has 0 atom stereocenters. The van der Waals surface area contributed by atoms with Crippen LogP contribution in [0.15, 0.2) is 79.0 Å².